The van der Waals surface area contributed by atoms with Crippen LogP contribution in [0.2, 0.25) is 0 Å². The fraction of sp³-hybridized carbons (Fsp3) is 0.278. The van der Waals surface area contributed by atoms with Crippen molar-refractivity contribution in [2.24, 2.45) is 0 Å². The third-order valence-electron chi connectivity index (χ3n) is 3.70. The molecule has 10 nitrogen and oxygen atoms in total. The first-order valence-corrected chi connectivity index (χ1v) is 9.93. The Morgan fingerprint density at radius 1 is 1.21 bits per heavy atom. The zero-order valence-corrected chi connectivity index (χ0v) is 17.7. The molecule has 152 valence electrons. The average molecular weight is 510 g/mol. The van der Waals surface area contributed by atoms with Gasteiger partial charge in [0, 0.05) is 19.3 Å². The molecule has 0 fully saturated rings. The van der Waals surface area contributed by atoms with Crippen molar-refractivity contribution in [1.82, 2.24) is 30.6 Å². The van der Waals surface area contributed by atoms with Crippen LogP contribution in [-0.2, 0) is 6.54 Å². The minimum Gasteiger partial charge on any atom is -0.493 e. The lowest BCUT2D eigenvalue weighted by molar-refractivity contribution is 0.0897. The van der Waals surface area contributed by atoms with Crippen LogP contribution in [0.1, 0.15) is 33.8 Å². The molecule has 0 aliphatic heterocycles. The highest BCUT2D eigenvalue weighted by Crippen LogP contribution is 2.17. The number of carbonyl (C=O) groups excluding carboxylic acids is 2. The third kappa shape index (κ3) is 5.76. The van der Waals surface area contributed by atoms with Gasteiger partial charge in [-0.2, -0.15) is 10.1 Å². The van der Waals surface area contributed by atoms with Gasteiger partial charge in [-0.3, -0.25) is 14.3 Å². The number of hydrogen-bond donors (Lipinski definition) is 2. The Morgan fingerprint density at radius 3 is 2.69 bits per heavy atom. The molecule has 2 aromatic heterocycles. The fourth-order valence-corrected chi connectivity index (χ4v) is 2.88. The van der Waals surface area contributed by atoms with E-state index >= 15 is 0 Å². The van der Waals surface area contributed by atoms with E-state index in [0.29, 0.717) is 30.3 Å². The molecule has 3 aromatic rings. The summed E-state index contributed by atoms with van der Waals surface area (Å²) >= 11 is 2.14. The third-order valence-corrected chi connectivity index (χ3v) is 4.25. The summed E-state index contributed by atoms with van der Waals surface area (Å²) in [5.74, 6) is -0.0767. The number of aromatic nitrogens is 4. The molecule has 3 rings (SSSR count). The van der Waals surface area contributed by atoms with Gasteiger partial charge in [0.1, 0.15) is 12.3 Å². The lowest BCUT2D eigenvalue weighted by atomic mass is 10.2. The summed E-state index contributed by atoms with van der Waals surface area (Å²) in [6.45, 7) is 3.05. The van der Waals surface area contributed by atoms with Crippen LogP contribution < -0.4 is 15.4 Å². The van der Waals surface area contributed by atoms with Crippen molar-refractivity contribution < 1.29 is 18.8 Å². The van der Waals surface area contributed by atoms with Crippen molar-refractivity contribution in [3.63, 3.8) is 0 Å². The number of ether oxygens (including phenoxy) is 1. The van der Waals surface area contributed by atoms with Gasteiger partial charge in [0.2, 0.25) is 0 Å². The molecule has 2 heterocycles. The zero-order chi connectivity index (χ0) is 20.6. The number of halogens is 1. The van der Waals surface area contributed by atoms with E-state index in [1.54, 1.807) is 35.1 Å². The number of hydrogen-bond acceptors (Lipinski definition) is 7. The predicted molar refractivity (Wildman–Crippen MR) is 111 cm³/mol. The van der Waals surface area contributed by atoms with Gasteiger partial charge >= 0.3 is 11.8 Å². The van der Waals surface area contributed by atoms with Crippen molar-refractivity contribution >= 4 is 34.4 Å². The van der Waals surface area contributed by atoms with Crippen molar-refractivity contribution in [3.05, 3.63) is 57.5 Å². The van der Waals surface area contributed by atoms with Crippen LogP contribution in [-0.4, -0.2) is 51.4 Å². The molecule has 29 heavy (non-hydrogen) atoms. The molecule has 0 saturated heterocycles. The van der Waals surface area contributed by atoms with Gasteiger partial charge in [-0.1, -0.05) is 17.3 Å². The molecule has 11 heteroatoms. The minimum absolute atomic E-state index is 0.144. The molecule has 0 spiro atoms. The Kier molecular flexibility index (Phi) is 7.16. The van der Waals surface area contributed by atoms with Gasteiger partial charge in [-0.15, -0.1) is 0 Å². The number of nitrogens with one attached hydrogen (secondary N) is 2. The second-order valence-corrected chi connectivity index (χ2v) is 7.06. The van der Waals surface area contributed by atoms with Gasteiger partial charge in [0.15, 0.2) is 5.82 Å². The van der Waals surface area contributed by atoms with E-state index in [0.717, 1.165) is 3.57 Å². The number of carbonyl (C=O) groups is 2. The summed E-state index contributed by atoms with van der Waals surface area (Å²) in [7, 11) is 0. The predicted octanol–water partition coefficient (Wildman–Crippen LogP) is 1.48. The van der Waals surface area contributed by atoms with E-state index in [-0.39, 0.29) is 24.9 Å². The molecule has 0 bridgehead atoms. The van der Waals surface area contributed by atoms with Crippen molar-refractivity contribution in [2.45, 2.75) is 13.5 Å². The molecule has 0 unspecified atom stereocenters. The summed E-state index contributed by atoms with van der Waals surface area (Å²) in [6.07, 6.45) is 3.53. The maximum absolute atomic E-state index is 12.3. The van der Waals surface area contributed by atoms with Crippen LogP contribution in [0.3, 0.4) is 0 Å². The highest BCUT2D eigenvalue weighted by molar-refractivity contribution is 14.1. The van der Waals surface area contributed by atoms with Crippen LogP contribution in [0, 0.1) is 3.57 Å². The standard InChI is InChI=1S/C18H19IN6O4/c1-2-28-14-6-4-3-5-13(14)16(26)20-7-8-21-17(27)18-23-15(24-29-18)11-25-10-12(19)9-22-25/h3-6,9-10H,2,7-8,11H2,1H3,(H,20,26)(H,21,27). The Morgan fingerprint density at radius 2 is 1.97 bits per heavy atom. The molecular weight excluding hydrogens is 491 g/mol. The largest absolute Gasteiger partial charge is 0.493 e. The number of amides is 2. The van der Waals surface area contributed by atoms with Crippen LogP contribution in [0.5, 0.6) is 5.75 Å². The van der Waals surface area contributed by atoms with Gasteiger partial charge < -0.3 is 19.9 Å². The maximum atomic E-state index is 12.3. The first kappa shape index (κ1) is 20.8. The summed E-state index contributed by atoms with van der Waals surface area (Å²) < 4.78 is 13.0. The van der Waals surface area contributed by atoms with Crippen molar-refractivity contribution in [1.29, 1.82) is 0 Å². The number of para-hydroxylation sites is 1. The molecule has 0 radical (unpaired) electrons. The van der Waals surface area contributed by atoms with Crippen molar-refractivity contribution in [2.75, 3.05) is 19.7 Å². The highest BCUT2D eigenvalue weighted by atomic mass is 127. The molecule has 0 aliphatic rings. The highest BCUT2D eigenvalue weighted by Gasteiger charge is 2.16. The monoisotopic (exact) mass is 510 g/mol. The van der Waals surface area contributed by atoms with Crippen LogP contribution in [0.4, 0.5) is 0 Å². The van der Waals surface area contributed by atoms with Gasteiger partial charge in [-0.25, -0.2) is 0 Å². The molecule has 2 N–H and O–H groups in total. The Hall–Kier alpha value is -2.96. The Balaban J connectivity index is 1.45. The first-order valence-electron chi connectivity index (χ1n) is 8.85. The molecule has 2 amide bonds. The second kappa shape index (κ2) is 10.0. The van der Waals surface area contributed by atoms with E-state index in [1.165, 1.54) is 0 Å². The second-order valence-electron chi connectivity index (χ2n) is 5.81. The summed E-state index contributed by atoms with van der Waals surface area (Å²) in [5, 5.41) is 13.2. The lowest BCUT2D eigenvalue weighted by Gasteiger charge is -2.10. The van der Waals surface area contributed by atoms with E-state index in [4.69, 9.17) is 9.26 Å². The van der Waals surface area contributed by atoms with Crippen LogP contribution in [0.25, 0.3) is 0 Å². The number of nitrogens with zero attached hydrogens (tertiary/aromatic N) is 4. The smallest absolute Gasteiger partial charge is 0.316 e. The fourth-order valence-electron chi connectivity index (χ4n) is 2.44. The van der Waals surface area contributed by atoms with Crippen LogP contribution in [0.15, 0.2) is 41.2 Å². The van der Waals surface area contributed by atoms with E-state index < -0.39 is 5.91 Å². The maximum Gasteiger partial charge on any atom is 0.316 e. The lowest BCUT2D eigenvalue weighted by Crippen LogP contribution is -2.35. The number of rotatable bonds is 9. The van der Waals surface area contributed by atoms with Crippen molar-refractivity contribution in [3.8, 4) is 5.75 Å². The Bertz CT molecular complexity index is 986. The zero-order valence-electron chi connectivity index (χ0n) is 15.6. The van der Waals surface area contributed by atoms with E-state index in [2.05, 4.69) is 48.5 Å². The summed E-state index contributed by atoms with van der Waals surface area (Å²) in [4.78, 5) is 28.4. The van der Waals surface area contributed by atoms with E-state index in [9.17, 15) is 9.59 Å². The summed E-state index contributed by atoms with van der Waals surface area (Å²) in [5.41, 5.74) is 0.440. The quantitative estimate of drug-likeness (QED) is 0.330. The van der Waals surface area contributed by atoms with Gasteiger partial charge in [0.05, 0.1) is 21.9 Å². The first-order chi connectivity index (χ1) is 14.1. The molecule has 0 atom stereocenters. The molecule has 0 saturated carbocycles. The van der Waals surface area contributed by atoms with Gasteiger partial charge in [-0.05, 0) is 41.6 Å². The van der Waals surface area contributed by atoms with Crippen LogP contribution >= 0.6 is 22.6 Å². The topological polar surface area (TPSA) is 124 Å². The molecule has 0 aliphatic carbocycles. The SMILES string of the molecule is CCOc1ccccc1C(=O)NCCNC(=O)c1nc(Cn2cc(I)cn2)no1. The van der Waals surface area contributed by atoms with E-state index in [1.807, 2.05) is 13.1 Å². The summed E-state index contributed by atoms with van der Waals surface area (Å²) in [6, 6.07) is 6.97. The minimum atomic E-state index is -0.511. The number of benzene rings is 1. The Labute approximate surface area is 180 Å². The normalized spacial score (nSPS) is 10.6. The molecule has 1 aromatic carbocycles. The molecular formula is C18H19IN6O4. The average Bonchev–Trinajstić information content (AvgIpc) is 3.35. The van der Waals surface area contributed by atoms with Gasteiger partial charge in [0.25, 0.3) is 5.91 Å².